The van der Waals surface area contributed by atoms with E-state index in [0.717, 1.165) is 25.7 Å². The van der Waals surface area contributed by atoms with Crippen molar-refractivity contribution >= 4 is 6.16 Å². The zero-order valence-electron chi connectivity index (χ0n) is 9.86. The van der Waals surface area contributed by atoms with Gasteiger partial charge in [-0.25, -0.2) is 4.79 Å². The molecule has 0 aromatic rings. The Labute approximate surface area is 91.6 Å². The maximum atomic E-state index is 10.4. The second-order valence-electron chi connectivity index (χ2n) is 3.58. The summed E-state index contributed by atoms with van der Waals surface area (Å²) in [6.07, 6.45) is 2.46. The second kappa shape index (κ2) is 8.53. The Bertz CT molecular complexity index is 170. The van der Waals surface area contributed by atoms with E-state index in [9.17, 15) is 4.79 Å². The van der Waals surface area contributed by atoms with E-state index in [1.54, 1.807) is 6.92 Å². The minimum Gasteiger partial charge on any atom is -0.450 e. The molecule has 0 aliphatic rings. The molecule has 0 fully saturated rings. The van der Waals surface area contributed by atoms with Crippen molar-refractivity contribution in [2.75, 3.05) is 6.61 Å². The summed E-state index contributed by atoms with van der Waals surface area (Å²) in [6, 6.07) is 0. The van der Waals surface area contributed by atoms with Gasteiger partial charge in [0.05, 0.1) is 6.10 Å². The first-order valence-corrected chi connectivity index (χ1v) is 5.63. The Morgan fingerprint density at radius 3 is 2.47 bits per heavy atom. The molecule has 15 heavy (non-hydrogen) atoms. The summed E-state index contributed by atoms with van der Waals surface area (Å²) < 4.78 is 10.2. The van der Waals surface area contributed by atoms with Crippen LogP contribution in [0.5, 0.6) is 0 Å². The van der Waals surface area contributed by atoms with Gasteiger partial charge in [0.15, 0.2) is 0 Å². The fourth-order valence-corrected chi connectivity index (χ4v) is 1.50. The number of hydrogen-bond acceptors (Lipinski definition) is 3. The molecule has 4 nitrogen and oxygen atoms in total. The van der Waals surface area contributed by atoms with Gasteiger partial charge in [-0.05, 0) is 20.3 Å². The van der Waals surface area contributed by atoms with Crippen molar-refractivity contribution in [3.63, 3.8) is 0 Å². The summed E-state index contributed by atoms with van der Waals surface area (Å²) in [4.78, 5) is 10.4. The number of ether oxygens (including phenoxy) is 2. The summed E-state index contributed by atoms with van der Waals surface area (Å²) in [6.45, 7) is 6.36. The predicted octanol–water partition coefficient (Wildman–Crippen LogP) is 3.05. The van der Waals surface area contributed by atoms with E-state index in [-0.39, 0.29) is 12.2 Å². The van der Waals surface area contributed by atoms with Gasteiger partial charge in [0.1, 0.15) is 6.10 Å². The van der Waals surface area contributed by atoms with Crippen LogP contribution in [0, 0.1) is 0 Å². The number of carboxylic acid groups (broad SMARTS) is 1. The van der Waals surface area contributed by atoms with Crippen LogP contribution in [0.25, 0.3) is 0 Å². The Morgan fingerprint density at radius 1 is 1.33 bits per heavy atom. The summed E-state index contributed by atoms with van der Waals surface area (Å²) in [5.74, 6) is 0. The van der Waals surface area contributed by atoms with Gasteiger partial charge >= 0.3 is 6.16 Å². The van der Waals surface area contributed by atoms with E-state index in [0.29, 0.717) is 6.61 Å². The van der Waals surface area contributed by atoms with E-state index in [1.165, 1.54) is 0 Å². The van der Waals surface area contributed by atoms with Crippen molar-refractivity contribution in [2.24, 2.45) is 0 Å². The highest BCUT2D eigenvalue weighted by molar-refractivity contribution is 5.57. The molecule has 0 aromatic heterocycles. The third kappa shape index (κ3) is 7.19. The SMILES string of the molecule is CCCCCC(OCC)C(C)OC(=O)O. The monoisotopic (exact) mass is 218 g/mol. The molecule has 0 saturated heterocycles. The molecule has 0 spiro atoms. The van der Waals surface area contributed by atoms with E-state index in [1.807, 2.05) is 6.92 Å². The number of unbranched alkanes of at least 4 members (excludes halogenated alkanes) is 2. The molecule has 0 bridgehead atoms. The average Bonchev–Trinajstić information content (AvgIpc) is 2.15. The van der Waals surface area contributed by atoms with Gasteiger partial charge in [-0.2, -0.15) is 0 Å². The van der Waals surface area contributed by atoms with Crippen molar-refractivity contribution in [1.29, 1.82) is 0 Å². The highest BCUT2D eigenvalue weighted by atomic mass is 16.7. The third-order valence-corrected chi connectivity index (χ3v) is 2.28. The first-order valence-electron chi connectivity index (χ1n) is 5.63. The smallest absolute Gasteiger partial charge is 0.450 e. The fraction of sp³-hybridized carbons (Fsp3) is 0.909. The molecule has 0 aromatic carbocycles. The van der Waals surface area contributed by atoms with Gasteiger partial charge in [0.25, 0.3) is 0 Å². The largest absolute Gasteiger partial charge is 0.506 e. The molecular weight excluding hydrogens is 196 g/mol. The van der Waals surface area contributed by atoms with Crippen LogP contribution in [0.2, 0.25) is 0 Å². The minimum absolute atomic E-state index is 0.113. The molecule has 0 rings (SSSR count). The fourth-order valence-electron chi connectivity index (χ4n) is 1.50. The van der Waals surface area contributed by atoms with Crippen molar-refractivity contribution in [2.45, 2.75) is 58.7 Å². The van der Waals surface area contributed by atoms with Crippen LogP contribution in [-0.2, 0) is 9.47 Å². The van der Waals surface area contributed by atoms with Crippen LogP contribution in [0.3, 0.4) is 0 Å². The third-order valence-electron chi connectivity index (χ3n) is 2.28. The number of rotatable bonds is 8. The molecule has 0 heterocycles. The highest BCUT2D eigenvalue weighted by Gasteiger charge is 2.20. The lowest BCUT2D eigenvalue weighted by molar-refractivity contribution is -0.0492. The van der Waals surface area contributed by atoms with Crippen LogP contribution in [0.15, 0.2) is 0 Å². The van der Waals surface area contributed by atoms with Crippen LogP contribution >= 0.6 is 0 Å². The highest BCUT2D eigenvalue weighted by Crippen LogP contribution is 2.13. The van der Waals surface area contributed by atoms with Gasteiger partial charge in [-0.3, -0.25) is 0 Å². The molecule has 0 radical (unpaired) electrons. The summed E-state index contributed by atoms with van der Waals surface area (Å²) in [7, 11) is 0. The van der Waals surface area contributed by atoms with Gasteiger partial charge < -0.3 is 14.6 Å². The maximum Gasteiger partial charge on any atom is 0.506 e. The van der Waals surface area contributed by atoms with Gasteiger partial charge in [-0.1, -0.05) is 26.2 Å². The quantitative estimate of drug-likeness (QED) is 0.502. The van der Waals surface area contributed by atoms with Gasteiger partial charge in [-0.15, -0.1) is 0 Å². The van der Waals surface area contributed by atoms with Crippen LogP contribution < -0.4 is 0 Å². The molecule has 2 atom stereocenters. The molecule has 90 valence electrons. The van der Waals surface area contributed by atoms with E-state index >= 15 is 0 Å². The first kappa shape index (κ1) is 14.2. The van der Waals surface area contributed by atoms with Crippen molar-refractivity contribution in [3.05, 3.63) is 0 Å². The molecule has 4 heteroatoms. The van der Waals surface area contributed by atoms with Crippen LogP contribution in [0.1, 0.15) is 46.5 Å². The molecule has 0 saturated carbocycles. The van der Waals surface area contributed by atoms with E-state index in [4.69, 9.17) is 9.84 Å². The standard InChI is InChI=1S/C11H22O4/c1-4-6-7-8-10(14-5-2)9(3)15-11(12)13/h9-10H,4-8H2,1-3H3,(H,12,13). The van der Waals surface area contributed by atoms with E-state index < -0.39 is 6.16 Å². The van der Waals surface area contributed by atoms with Crippen LogP contribution in [-0.4, -0.2) is 30.1 Å². The summed E-state index contributed by atoms with van der Waals surface area (Å²) in [5.41, 5.74) is 0. The Kier molecular flexibility index (Phi) is 8.09. The van der Waals surface area contributed by atoms with Gasteiger partial charge in [0, 0.05) is 6.61 Å². The molecule has 0 aliphatic carbocycles. The maximum absolute atomic E-state index is 10.4. The minimum atomic E-state index is -1.23. The molecule has 2 unspecified atom stereocenters. The number of hydrogen-bond donors (Lipinski definition) is 1. The normalized spacial score (nSPS) is 14.6. The molecule has 0 amide bonds. The van der Waals surface area contributed by atoms with E-state index in [2.05, 4.69) is 11.7 Å². The second-order valence-corrected chi connectivity index (χ2v) is 3.58. The predicted molar refractivity (Wildman–Crippen MR) is 58.1 cm³/mol. The van der Waals surface area contributed by atoms with Gasteiger partial charge in [0.2, 0.25) is 0 Å². The number of carbonyl (C=O) groups is 1. The Hall–Kier alpha value is -0.770. The lowest BCUT2D eigenvalue weighted by atomic mass is 10.1. The van der Waals surface area contributed by atoms with Crippen molar-refractivity contribution in [3.8, 4) is 0 Å². The topological polar surface area (TPSA) is 55.8 Å². The zero-order chi connectivity index (χ0) is 11.7. The van der Waals surface area contributed by atoms with Crippen molar-refractivity contribution < 1.29 is 19.4 Å². The van der Waals surface area contributed by atoms with Crippen LogP contribution in [0.4, 0.5) is 4.79 Å². The molecule has 1 N–H and O–H groups in total. The lowest BCUT2D eigenvalue weighted by Gasteiger charge is -2.22. The van der Waals surface area contributed by atoms with Crippen molar-refractivity contribution in [1.82, 2.24) is 0 Å². The summed E-state index contributed by atoms with van der Waals surface area (Å²) >= 11 is 0. The lowest BCUT2D eigenvalue weighted by Crippen LogP contribution is -2.30. The zero-order valence-corrected chi connectivity index (χ0v) is 9.86. The molecular formula is C11H22O4. The Balaban J connectivity index is 3.93. The Morgan fingerprint density at radius 2 is 2.00 bits per heavy atom. The molecule has 0 aliphatic heterocycles. The first-order chi connectivity index (χ1) is 7.11. The average molecular weight is 218 g/mol. The summed E-state index contributed by atoms with van der Waals surface area (Å²) in [5, 5.41) is 8.49.